The van der Waals surface area contributed by atoms with Gasteiger partial charge in [0.2, 0.25) is 0 Å². The zero-order chi connectivity index (χ0) is 18.5. The third-order valence-electron chi connectivity index (χ3n) is 3.39. The number of hydrogen-bond donors (Lipinski definition) is 1. The van der Waals surface area contributed by atoms with Gasteiger partial charge < -0.3 is 5.32 Å². The van der Waals surface area contributed by atoms with Crippen LogP contribution in [-0.2, 0) is 0 Å². The third kappa shape index (κ3) is 7.72. The number of rotatable bonds is 3. The van der Waals surface area contributed by atoms with Crippen LogP contribution < -0.4 is 10.6 Å². The fraction of sp³-hybridized carbons (Fsp3) is 0.238. The maximum Gasteiger partial charge on any atom is 0.0445 e. The zero-order valence-corrected chi connectivity index (χ0v) is 17.2. The van der Waals surface area contributed by atoms with Crippen LogP contribution in [0.3, 0.4) is 0 Å². The molecule has 4 heteroatoms. The fourth-order valence-electron chi connectivity index (χ4n) is 2.19. The molecule has 0 fully saturated rings. The molecule has 1 aliphatic rings. The van der Waals surface area contributed by atoms with E-state index < -0.39 is 0 Å². The summed E-state index contributed by atoms with van der Waals surface area (Å²) in [6, 6.07) is 12.6. The van der Waals surface area contributed by atoms with Gasteiger partial charge in [-0.15, -0.1) is 0 Å². The van der Waals surface area contributed by atoms with Crippen LogP contribution in [0.4, 0.5) is 0 Å². The highest BCUT2D eigenvalue weighted by atomic mass is 32.1. The number of aryl methyl sites for hydroxylation is 1. The Morgan fingerprint density at radius 2 is 1.84 bits per heavy atom. The molecular formula is C21H27N2PS. The molecule has 1 aromatic carbocycles. The molecule has 2 heterocycles. The molecule has 2 aromatic rings. The molecule has 0 radical (unpaired) electrons. The normalized spacial score (nSPS) is 12.6. The van der Waals surface area contributed by atoms with Crippen molar-refractivity contribution >= 4 is 36.9 Å². The standard InChI is InChI=1S/C13H15N.C6H6NPS.C2H6/c1-10-5-7-12(8-6-10)13-11(2)4-3-9-14-13;9-5-8-6-2-1-3-7-4-6;1-2/h3-8,14H,9H2,1-2H3;1-5,8H;1-2H3. The van der Waals surface area contributed by atoms with Crippen LogP contribution in [0.15, 0.2) is 66.5 Å². The van der Waals surface area contributed by atoms with Crippen LogP contribution in [0.5, 0.6) is 0 Å². The van der Waals surface area contributed by atoms with Crippen molar-refractivity contribution in [2.45, 2.75) is 27.7 Å². The first kappa shape index (κ1) is 21.2. The van der Waals surface area contributed by atoms with E-state index in [1.807, 2.05) is 32.2 Å². The van der Waals surface area contributed by atoms with Gasteiger partial charge in [0, 0.05) is 29.7 Å². The van der Waals surface area contributed by atoms with Crippen LogP contribution in [0.2, 0.25) is 0 Å². The Hall–Kier alpha value is -1.83. The van der Waals surface area contributed by atoms with Gasteiger partial charge in [-0.05, 0) is 36.4 Å². The molecule has 0 aliphatic carbocycles. The van der Waals surface area contributed by atoms with Crippen molar-refractivity contribution < 1.29 is 0 Å². The van der Waals surface area contributed by atoms with Gasteiger partial charge in [-0.2, -0.15) is 0 Å². The lowest BCUT2D eigenvalue weighted by molar-refractivity contribution is 0.979. The molecule has 2 nitrogen and oxygen atoms in total. The van der Waals surface area contributed by atoms with E-state index in [0.29, 0.717) is 8.58 Å². The Labute approximate surface area is 159 Å². The number of pyridine rings is 1. The van der Waals surface area contributed by atoms with E-state index in [4.69, 9.17) is 12.2 Å². The largest absolute Gasteiger partial charge is 0.381 e. The SMILES string of the molecule is CC.CC1=C(c2ccc(C)cc2)NCC=C1.S=CPc1cccnc1. The summed E-state index contributed by atoms with van der Waals surface area (Å²) in [6.45, 7) is 9.18. The van der Waals surface area contributed by atoms with Crippen molar-refractivity contribution in [3.63, 3.8) is 0 Å². The zero-order valence-electron chi connectivity index (χ0n) is 15.4. The first-order valence-corrected chi connectivity index (χ1v) is 10.0. The van der Waals surface area contributed by atoms with E-state index in [1.54, 1.807) is 11.3 Å². The number of nitrogens with zero attached hydrogens (tertiary/aromatic N) is 1. The molecular weight excluding hydrogens is 343 g/mol. The second kappa shape index (κ2) is 12.5. The molecule has 0 saturated carbocycles. The third-order valence-corrected chi connectivity index (χ3v) is 4.49. The van der Waals surface area contributed by atoms with E-state index in [0.717, 1.165) is 6.54 Å². The molecule has 3 rings (SSSR count). The second-order valence-corrected chi connectivity index (χ2v) is 7.02. The van der Waals surface area contributed by atoms with Gasteiger partial charge in [0.25, 0.3) is 0 Å². The van der Waals surface area contributed by atoms with E-state index in [1.165, 1.54) is 27.7 Å². The summed E-state index contributed by atoms with van der Waals surface area (Å²) in [6.07, 6.45) is 7.91. The highest BCUT2D eigenvalue weighted by molar-refractivity contribution is 7.92. The lowest BCUT2D eigenvalue weighted by atomic mass is 10.0. The van der Waals surface area contributed by atoms with Gasteiger partial charge in [-0.1, -0.05) is 82.7 Å². The molecule has 132 valence electrons. The van der Waals surface area contributed by atoms with E-state index in [9.17, 15) is 0 Å². The minimum absolute atomic E-state index is 0.614. The smallest absolute Gasteiger partial charge is 0.0445 e. The summed E-state index contributed by atoms with van der Waals surface area (Å²) in [5.74, 6) is 0. The number of dihydropyridines is 1. The van der Waals surface area contributed by atoms with Gasteiger partial charge >= 0.3 is 0 Å². The van der Waals surface area contributed by atoms with E-state index in [-0.39, 0.29) is 0 Å². The molecule has 0 bridgehead atoms. The van der Waals surface area contributed by atoms with Crippen LogP contribution in [0, 0.1) is 6.92 Å². The topological polar surface area (TPSA) is 24.9 Å². The van der Waals surface area contributed by atoms with Gasteiger partial charge in [-0.3, -0.25) is 4.98 Å². The van der Waals surface area contributed by atoms with Gasteiger partial charge in [-0.25, -0.2) is 0 Å². The van der Waals surface area contributed by atoms with E-state index >= 15 is 0 Å². The number of thiocarbonyl (C=S) groups is 1. The van der Waals surface area contributed by atoms with Crippen molar-refractivity contribution in [2.75, 3.05) is 6.54 Å². The average molecular weight is 371 g/mol. The van der Waals surface area contributed by atoms with Crippen molar-refractivity contribution in [1.29, 1.82) is 0 Å². The van der Waals surface area contributed by atoms with E-state index in [2.05, 4.69) is 60.6 Å². The quantitative estimate of drug-likeness (QED) is 0.590. The number of hydrogen-bond acceptors (Lipinski definition) is 3. The van der Waals surface area contributed by atoms with Gasteiger partial charge in [0.15, 0.2) is 0 Å². The minimum atomic E-state index is 0.614. The first-order valence-electron chi connectivity index (χ1n) is 8.49. The van der Waals surface area contributed by atoms with Crippen LogP contribution in [0.25, 0.3) is 5.70 Å². The Morgan fingerprint density at radius 1 is 1.12 bits per heavy atom. The second-order valence-electron chi connectivity index (χ2n) is 5.21. The van der Waals surface area contributed by atoms with Crippen molar-refractivity contribution in [3.05, 3.63) is 77.6 Å². The Kier molecular flexibility index (Phi) is 10.6. The molecule has 0 saturated heterocycles. The highest BCUT2D eigenvalue weighted by Crippen LogP contribution is 2.19. The number of benzene rings is 1. The molecule has 1 N–H and O–H groups in total. The summed E-state index contributed by atoms with van der Waals surface area (Å²) in [4.78, 5) is 3.94. The number of aromatic nitrogens is 1. The molecule has 25 heavy (non-hydrogen) atoms. The minimum Gasteiger partial charge on any atom is -0.381 e. The fourth-order valence-corrected chi connectivity index (χ4v) is 3.07. The Morgan fingerprint density at radius 3 is 2.40 bits per heavy atom. The summed E-state index contributed by atoms with van der Waals surface area (Å²) >= 11 is 4.69. The van der Waals surface area contributed by atoms with Gasteiger partial charge in [0.1, 0.15) is 0 Å². The number of allylic oxidation sites excluding steroid dienone is 2. The molecule has 1 unspecified atom stereocenters. The molecule has 1 atom stereocenters. The maximum absolute atomic E-state index is 4.69. The van der Waals surface area contributed by atoms with Crippen molar-refractivity contribution in [3.8, 4) is 0 Å². The lowest BCUT2D eigenvalue weighted by Crippen LogP contribution is -2.16. The number of nitrogens with one attached hydrogen (secondary N) is 1. The summed E-state index contributed by atoms with van der Waals surface area (Å²) in [5.41, 5.74) is 5.14. The molecule has 1 aromatic heterocycles. The molecule has 0 spiro atoms. The van der Waals surface area contributed by atoms with Crippen LogP contribution >= 0.6 is 20.8 Å². The van der Waals surface area contributed by atoms with Crippen molar-refractivity contribution in [1.82, 2.24) is 10.3 Å². The predicted molar refractivity (Wildman–Crippen MR) is 118 cm³/mol. The van der Waals surface area contributed by atoms with Crippen LogP contribution in [-0.4, -0.2) is 16.6 Å². The Bertz CT molecular complexity index is 692. The van der Waals surface area contributed by atoms with Crippen LogP contribution in [0.1, 0.15) is 31.9 Å². The first-order chi connectivity index (χ1) is 12.2. The lowest BCUT2D eigenvalue weighted by Gasteiger charge is -2.16. The predicted octanol–water partition coefficient (Wildman–Crippen LogP) is 5.25. The average Bonchev–Trinajstić information content (AvgIpc) is 2.66. The summed E-state index contributed by atoms with van der Waals surface area (Å²) in [5, 5.41) is 6.33. The molecule has 1 aliphatic heterocycles. The Balaban J connectivity index is 0.000000246. The summed E-state index contributed by atoms with van der Waals surface area (Å²) in [7, 11) is 0.614. The molecule has 0 amide bonds. The highest BCUT2D eigenvalue weighted by Gasteiger charge is 2.05. The maximum atomic E-state index is 4.69. The summed E-state index contributed by atoms with van der Waals surface area (Å²) < 4.78 is 0. The van der Waals surface area contributed by atoms with Gasteiger partial charge in [0.05, 0.1) is 0 Å². The monoisotopic (exact) mass is 370 g/mol. The van der Waals surface area contributed by atoms with Crippen molar-refractivity contribution in [2.24, 2.45) is 0 Å².